The first-order valence-electron chi connectivity index (χ1n) is 6.52. The first-order valence-corrected chi connectivity index (χ1v) is 6.93. The van der Waals surface area contributed by atoms with Gasteiger partial charge >= 0.3 is 0 Å². The van der Waals surface area contributed by atoms with Crippen LogP contribution in [0.4, 0.5) is 8.78 Å². The molecule has 0 aromatic heterocycles. The summed E-state index contributed by atoms with van der Waals surface area (Å²) in [7, 11) is 0. The second-order valence-corrected chi connectivity index (χ2v) is 5.53. The second kappa shape index (κ2) is 5.83. The van der Waals surface area contributed by atoms with Crippen molar-refractivity contribution >= 4 is 23.1 Å². The van der Waals surface area contributed by atoms with Crippen molar-refractivity contribution in [2.75, 3.05) is 0 Å². The van der Waals surface area contributed by atoms with E-state index >= 15 is 0 Å². The summed E-state index contributed by atoms with van der Waals surface area (Å²) >= 11 is 5.07. The summed E-state index contributed by atoms with van der Waals surface area (Å²) in [6.45, 7) is 0. The molecule has 1 aliphatic rings. The summed E-state index contributed by atoms with van der Waals surface area (Å²) in [4.78, 5) is 12.4. The summed E-state index contributed by atoms with van der Waals surface area (Å²) in [6, 6.07) is 3.04. The molecule has 0 radical (unpaired) electrons. The van der Waals surface area contributed by atoms with Crippen LogP contribution >= 0.6 is 12.2 Å². The summed E-state index contributed by atoms with van der Waals surface area (Å²) in [5, 5.41) is 2.80. The van der Waals surface area contributed by atoms with Gasteiger partial charge in [0.1, 0.15) is 0 Å². The molecule has 1 aliphatic carbocycles. The van der Waals surface area contributed by atoms with Gasteiger partial charge < -0.3 is 11.1 Å². The van der Waals surface area contributed by atoms with E-state index in [1.165, 1.54) is 6.07 Å². The molecule has 0 aliphatic heterocycles. The molecule has 0 atom stereocenters. The van der Waals surface area contributed by atoms with E-state index in [4.69, 9.17) is 18.0 Å². The molecule has 1 aromatic carbocycles. The zero-order chi connectivity index (χ0) is 14.8. The van der Waals surface area contributed by atoms with Crippen LogP contribution < -0.4 is 11.1 Å². The number of amides is 1. The number of nitrogens with two attached hydrogens (primary N) is 1. The number of thiocarbonyl (C=S) groups is 1. The van der Waals surface area contributed by atoms with E-state index in [1.807, 2.05) is 0 Å². The van der Waals surface area contributed by atoms with Gasteiger partial charge in [0.15, 0.2) is 11.6 Å². The fourth-order valence-corrected chi connectivity index (χ4v) is 2.77. The van der Waals surface area contributed by atoms with Crippen LogP contribution in [0.5, 0.6) is 0 Å². The Hall–Kier alpha value is -1.56. The molecule has 6 heteroatoms. The Bertz CT molecular complexity index is 542. The number of rotatable bonds is 3. The number of nitrogens with one attached hydrogen (secondary N) is 1. The molecule has 0 spiro atoms. The van der Waals surface area contributed by atoms with Crippen molar-refractivity contribution in [3.63, 3.8) is 0 Å². The Morgan fingerprint density at radius 1 is 1.20 bits per heavy atom. The van der Waals surface area contributed by atoms with Crippen LogP contribution in [-0.4, -0.2) is 16.4 Å². The second-order valence-electron chi connectivity index (χ2n) is 5.09. The standard InChI is InChI=1S/C14H16F2N2OS/c15-10-5-4-9(8-11(10)16)12(19)18-14(13(17)20)6-2-1-3-7-14/h4-5,8H,1-3,6-7H2,(H2,17,20)(H,18,19). The Morgan fingerprint density at radius 3 is 2.40 bits per heavy atom. The van der Waals surface area contributed by atoms with Gasteiger partial charge in [-0.25, -0.2) is 8.78 Å². The van der Waals surface area contributed by atoms with E-state index < -0.39 is 23.1 Å². The molecule has 0 heterocycles. The molecule has 20 heavy (non-hydrogen) atoms. The molecule has 108 valence electrons. The number of carbonyl (C=O) groups excluding carboxylic acids is 1. The van der Waals surface area contributed by atoms with Gasteiger partial charge in [-0.15, -0.1) is 0 Å². The van der Waals surface area contributed by atoms with E-state index in [2.05, 4.69) is 5.32 Å². The monoisotopic (exact) mass is 298 g/mol. The zero-order valence-corrected chi connectivity index (χ0v) is 11.7. The fraction of sp³-hybridized carbons (Fsp3) is 0.429. The molecule has 1 fully saturated rings. The van der Waals surface area contributed by atoms with Crippen molar-refractivity contribution in [3.05, 3.63) is 35.4 Å². The number of hydrogen-bond acceptors (Lipinski definition) is 2. The van der Waals surface area contributed by atoms with Crippen molar-refractivity contribution in [3.8, 4) is 0 Å². The Morgan fingerprint density at radius 2 is 1.85 bits per heavy atom. The van der Waals surface area contributed by atoms with Crippen molar-refractivity contribution < 1.29 is 13.6 Å². The lowest BCUT2D eigenvalue weighted by molar-refractivity contribution is 0.0908. The zero-order valence-electron chi connectivity index (χ0n) is 10.9. The smallest absolute Gasteiger partial charge is 0.252 e. The average molecular weight is 298 g/mol. The predicted molar refractivity (Wildman–Crippen MR) is 76.4 cm³/mol. The van der Waals surface area contributed by atoms with Crippen molar-refractivity contribution in [2.24, 2.45) is 5.73 Å². The van der Waals surface area contributed by atoms with Crippen LogP contribution in [-0.2, 0) is 0 Å². The summed E-state index contributed by atoms with van der Waals surface area (Å²) in [6.07, 6.45) is 4.28. The van der Waals surface area contributed by atoms with E-state index in [0.29, 0.717) is 12.8 Å². The Kier molecular flexibility index (Phi) is 4.32. The first kappa shape index (κ1) is 14.8. The van der Waals surface area contributed by atoms with Crippen LogP contribution in [0.25, 0.3) is 0 Å². The molecule has 1 saturated carbocycles. The highest BCUT2D eigenvalue weighted by atomic mass is 32.1. The lowest BCUT2D eigenvalue weighted by Crippen LogP contribution is -2.57. The lowest BCUT2D eigenvalue weighted by atomic mass is 9.81. The molecule has 0 unspecified atom stereocenters. The fourth-order valence-electron chi connectivity index (χ4n) is 2.52. The van der Waals surface area contributed by atoms with E-state index in [9.17, 15) is 13.6 Å². The largest absolute Gasteiger partial charge is 0.391 e. The third-order valence-corrected chi connectivity index (χ3v) is 4.10. The highest BCUT2D eigenvalue weighted by Crippen LogP contribution is 2.29. The Balaban J connectivity index is 2.20. The summed E-state index contributed by atoms with van der Waals surface area (Å²) in [5.41, 5.74) is 5.11. The molecule has 0 bridgehead atoms. The van der Waals surface area contributed by atoms with Gasteiger partial charge in [-0.3, -0.25) is 4.79 Å². The molecule has 3 N–H and O–H groups in total. The van der Waals surface area contributed by atoms with Crippen molar-refractivity contribution in [1.29, 1.82) is 0 Å². The van der Waals surface area contributed by atoms with Crippen LogP contribution in [0.3, 0.4) is 0 Å². The maximum atomic E-state index is 13.2. The van der Waals surface area contributed by atoms with Crippen LogP contribution in [0.2, 0.25) is 0 Å². The average Bonchev–Trinajstić information content (AvgIpc) is 2.42. The van der Waals surface area contributed by atoms with Crippen LogP contribution in [0, 0.1) is 11.6 Å². The van der Waals surface area contributed by atoms with Gasteiger partial charge in [-0.2, -0.15) is 0 Å². The number of carbonyl (C=O) groups is 1. The maximum Gasteiger partial charge on any atom is 0.252 e. The molecule has 0 saturated heterocycles. The topological polar surface area (TPSA) is 55.1 Å². The normalized spacial score (nSPS) is 17.5. The van der Waals surface area contributed by atoms with Gasteiger partial charge in [0.2, 0.25) is 0 Å². The highest BCUT2D eigenvalue weighted by Gasteiger charge is 2.36. The minimum absolute atomic E-state index is 0.0603. The maximum absolute atomic E-state index is 13.2. The minimum Gasteiger partial charge on any atom is -0.391 e. The molecule has 1 aromatic rings. The van der Waals surface area contributed by atoms with Crippen molar-refractivity contribution in [2.45, 2.75) is 37.6 Å². The molecular weight excluding hydrogens is 282 g/mol. The SMILES string of the molecule is NC(=S)C1(NC(=O)c2ccc(F)c(F)c2)CCCCC1. The number of benzene rings is 1. The number of hydrogen-bond donors (Lipinski definition) is 2. The lowest BCUT2D eigenvalue weighted by Gasteiger charge is -2.37. The van der Waals surface area contributed by atoms with Crippen LogP contribution in [0.1, 0.15) is 42.5 Å². The third kappa shape index (κ3) is 2.95. The van der Waals surface area contributed by atoms with Gasteiger partial charge in [0, 0.05) is 5.56 Å². The van der Waals surface area contributed by atoms with Crippen LogP contribution in [0.15, 0.2) is 18.2 Å². The highest BCUT2D eigenvalue weighted by molar-refractivity contribution is 7.80. The van der Waals surface area contributed by atoms with Crippen molar-refractivity contribution in [1.82, 2.24) is 5.32 Å². The van der Waals surface area contributed by atoms with Gasteiger partial charge in [-0.05, 0) is 31.0 Å². The third-order valence-electron chi connectivity index (χ3n) is 3.71. The molecule has 3 nitrogen and oxygen atoms in total. The quantitative estimate of drug-likeness (QED) is 0.844. The molecular formula is C14H16F2N2OS. The van der Waals surface area contributed by atoms with E-state index in [1.54, 1.807) is 0 Å². The number of halogens is 2. The van der Waals surface area contributed by atoms with Gasteiger partial charge in [-0.1, -0.05) is 31.5 Å². The summed E-state index contributed by atoms with van der Waals surface area (Å²) in [5.74, 6) is -2.52. The summed E-state index contributed by atoms with van der Waals surface area (Å²) < 4.78 is 26.0. The molecule has 2 rings (SSSR count). The van der Waals surface area contributed by atoms with Gasteiger partial charge in [0.25, 0.3) is 5.91 Å². The Labute approximate surface area is 121 Å². The minimum atomic E-state index is -1.05. The van der Waals surface area contributed by atoms with Gasteiger partial charge in [0.05, 0.1) is 10.5 Å². The van der Waals surface area contributed by atoms with E-state index in [-0.39, 0.29) is 10.6 Å². The molecule has 1 amide bonds. The van der Waals surface area contributed by atoms with E-state index in [0.717, 1.165) is 31.4 Å². The first-order chi connectivity index (χ1) is 9.44. The predicted octanol–water partition coefficient (Wildman–Crippen LogP) is 2.68.